The molecule has 4 rings (SSSR count). The second kappa shape index (κ2) is 14.2. The summed E-state index contributed by atoms with van der Waals surface area (Å²) < 4.78 is 5.42. The van der Waals surface area contributed by atoms with Crippen LogP contribution in [0, 0.1) is 6.92 Å². The number of benzene rings is 2. The highest BCUT2D eigenvalue weighted by molar-refractivity contribution is 5.99. The Hall–Kier alpha value is -3.56. The summed E-state index contributed by atoms with van der Waals surface area (Å²) in [6, 6.07) is 11.2. The lowest BCUT2D eigenvalue weighted by Gasteiger charge is -2.34. The molecule has 0 aliphatic carbocycles. The van der Waals surface area contributed by atoms with Crippen LogP contribution in [-0.2, 0) is 44.9 Å². The topological polar surface area (TPSA) is 108 Å². The Labute approximate surface area is 236 Å². The van der Waals surface area contributed by atoms with Gasteiger partial charge in [-0.3, -0.25) is 19.3 Å². The van der Waals surface area contributed by atoms with E-state index >= 15 is 0 Å². The summed E-state index contributed by atoms with van der Waals surface area (Å²) in [5.41, 5.74) is 5.89. The van der Waals surface area contributed by atoms with Crippen molar-refractivity contribution in [1.29, 1.82) is 0 Å². The van der Waals surface area contributed by atoms with Gasteiger partial charge >= 0.3 is 0 Å². The molecule has 214 valence electrons. The molecule has 0 aromatic heterocycles. The molecule has 9 heteroatoms. The predicted molar refractivity (Wildman–Crippen MR) is 152 cm³/mol. The fourth-order valence-corrected chi connectivity index (χ4v) is 5.49. The van der Waals surface area contributed by atoms with Gasteiger partial charge in [0.2, 0.25) is 11.8 Å². The maximum absolute atomic E-state index is 13.2. The predicted octanol–water partition coefficient (Wildman–Crippen LogP) is 1.82. The van der Waals surface area contributed by atoms with Crippen LogP contribution in [0.25, 0.3) is 0 Å². The molecule has 0 saturated carbocycles. The summed E-state index contributed by atoms with van der Waals surface area (Å²) in [5.74, 6) is -0.528. The van der Waals surface area contributed by atoms with E-state index in [2.05, 4.69) is 34.6 Å². The summed E-state index contributed by atoms with van der Waals surface area (Å²) in [6.45, 7) is 7.47. The van der Waals surface area contributed by atoms with Crippen molar-refractivity contribution in [2.24, 2.45) is 0 Å². The molecule has 2 N–H and O–H groups in total. The number of amides is 3. The Balaban J connectivity index is 1.30. The van der Waals surface area contributed by atoms with Gasteiger partial charge in [-0.1, -0.05) is 30.3 Å². The van der Waals surface area contributed by atoms with E-state index in [9.17, 15) is 19.2 Å². The van der Waals surface area contributed by atoms with E-state index in [4.69, 9.17) is 4.74 Å². The normalized spacial score (nSPS) is 16.2. The number of aryl methyl sites for hydroxylation is 1. The van der Waals surface area contributed by atoms with Crippen LogP contribution in [-0.4, -0.2) is 86.3 Å². The van der Waals surface area contributed by atoms with E-state index in [1.54, 1.807) is 11.0 Å². The number of carbonyl (C=O) groups excluding carboxylic acids is 4. The molecule has 1 fully saturated rings. The van der Waals surface area contributed by atoms with Gasteiger partial charge in [-0.15, -0.1) is 0 Å². The summed E-state index contributed by atoms with van der Waals surface area (Å²) in [6.07, 6.45) is 3.18. The van der Waals surface area contributed by atoms with E-state index in [1.165, 1.54) is 18.2 Å². The van der Waals surface area contributed by atoms with Gasteiger partial charge in [0.25, 0.3) is 5.91 Å². The molecule has 1 atom stereocenters. The second-order valence-corrected chi connectivity index (χ2v) is 10.5. The summed E-state index contributed by atoms with van der Waals surface area (Å²) in [4.78, 5) is 53.1. The number of ether oxygens (including phenoxy) is 1. The zero-order chi connectivity index (χ0) is 28.5. The van der Waals surface area contributed by atoms with Crippen LogP contribution in [0.1, 0.15) is 51.0 Å². The Morgan fingerprint density at radius 1 is 1.07 bits per heavy atom. The molecule has 40 heavy (non-hydrogen) atoms. The van der Waals surface area contributed by atoms with Gasteiger partial charge in [-0.05, 0) is 60.1 Å². The van der Waals surface area contributed by atoms with Gasteiger partial charge in [-0.2, -0.15) is 0 Å². The van der Waals surface area contributed by atoms with Crippen LogP contribution in [0.4, 0.5) is 0 Å². The molecule has 0 spiro atoms. The average Bonchev–Trinajstić information content (AvgIpc) is 2.97. The van der Waals surface area contributed by atoms with Crippen molar-refractivity contribution in [2.75, 3.05) is 46.4 Å². The Morgan fingerprint density at radius 3 is 2.58 bits per heavy atom. The standard InChI is InChI=1S/C31H40N4O5/c1-22-18-23(5-7-25(22)9-11-34-13-16-40-17-14-34)20-29(37)33-21-24-6-8-27-26(19-24)10-12-35(31(27)39)28(4-3-15-36)30(38)32-2/h5-8,15,18-19,28H,3-4,9-14,16-17,20-21H2,1-2H3,(H,32,38)(H,33,37). The minimum atomic E-state index is -0.669. The summed E-state index contributed by atoms with van der Waals surface area (Å²) >= 11 is 0. The van der Waals surface area contributed by atoms with Gasteiger partial charge in [0.1, 0.15) is 12.3 Å². The Bertz CT molecular complexity index is 1220. The largest absolute Gasteiger partial charge is 0.379 e. The number of nitrogens with zero attached hydrogens (tertiary/aromatic N) is 2. The number of nitrogens with one attached hydrogen (secondary N) is 2. The van der Waals surface area contributed by atoms with Crippen molar-refractivity contribution >= 4 is 24.0 Å². The van der Waals surface area contributed by atoms with Crippen molar-refractivity contribution in [3.63, 3.8) is 0 Å². The quantitative estimate of drug-likeness (QED) is 0.392. The molecule has 9 nitrogen and oxygen atoms in total. The van der Waals surface area contributed by atoms with Crippen LogP contribution < -0.4 is 10.6 Å². The van der Waals surface area contributed by atoms with Gasteiger partial charge < -0.3 is 25.1 Å². The number of aldehydes is 1. The van der Waals surface area contributed by atoms with Crippen molar-refractivity contribution in [1.82, 2.24) is 20.4 Å². The second-order valence-electron chi connectivity index (χ2n) is 10.5. The lowest BCUT2D eigenvalue weighted by Crippen LogP contribution is -2.51. The zero-order valence-electron chi connectivity index (χ0n) is 23.5. The number of carbonyl (C=O) groups is 4. The molecule has 1 unspecified atom stereocenters. The van der Waals surface area contributed by atoms with Crippen molar-refractivity contribution < 1.29 is 23.9 Å². The lowest BCUT2D eigenvalue weighted by atomic mass is 9.94. The van der Waals surface area contributed by atoms with Gasteiger partial charge in [0, 0.05) is 51.8 Å². The first kappa shape index (κ1) is 29.4. The third-order valence-electron chi connectivity index (χ3n) is 7.83. The van der Waals surface area contributed by atoms with E-state index in [1.807, 2.05) is 18.2 Å². The molecule has 2 aromatic rings. The molecule has 2 aromatic carbocycles. The van der Waals surface area contributed by atoms with Gasteiger partial charge in [0.15, 0.2) is 0 Å². The molecule has 2 heterocycles. The molecular weight excluding hydrogens is 508 g/mol. The van der Waals surface area contributed by atoms with Crippen molar-refractivity contribution in [2.45, 2.75) is 51.6 Å². The molecule has 3 amide bonds. The van der Waals surface area contributed by atoms with Crippen LogP contribution in [0.2, 0.25) is 0 Å². The van der Waals surface area contributed by atoms with E-state index in [-0.39, 0.29) is 24.1 Å². The number of fused-ring (bicyclic) bond motifs is 1. The van der Waals surface area contributed by atoms with Crippen LogP contribution in [0.5, 0.6) is 0 Å². The first-order valence-corrected chi connectivity index (χ1v) is 14.1. The van der Waals surface area contributed by atoms with Crippen LogP contribution in [0.15, 0.2) is 36.4 Å². The minimum absolute atomic E-state index is 0.0518. The summed E-state index contributed by atoms with van der Waals surface area (Å²) in [5, 5.41) is 5.60. The number of morpholine rings is 1. The van der Waals surface area contributed by atoms with Gasteiger partial charge in [0.05, 0.1) is 19.6 Å². The highest BCUT2D eigenvalue weighted by atomic mass is 16.5. The SMILES string of the molecule is CNC(=O)C(CCC=O)N1CCc2cc(CNC(=O)Cc3ccc(CCN4CCOCC4)c(C)c3)ccc2C1=O. The summed E-state index contributed by atoms with van der Waals surface area (Å²) in [7, 11) is 1.53. The molecular formula is C31H40N4O5. The highest BCUT2D eigenvalue weighted by Crippen LogP contribution is 2.24. The number of hydrogen-bond donors (Lipinski definition) is 2. The first-order chi connectivity index (χ1) is 19.4. The first-order valence-electron chi connectivity index (χ1n) is 14.1. The van der Waals surface area contributed by atoms with Crippen LogP contribution in [0.3, 0.4) is 0 Å². The fourth-order valence-electron chi connectivity index (χ4n) is 5.49. The molecule has 2 aliphatic heterocycles. The third-order valence-corrected chi connectivity index (χ3v) is 7.83. The maximum atomic E-state index is 13.2. The molecule has 0 radical (unpaired) electrons. The van der Waals surface area contributed by atoms with E-state index in [0.29, 0.717) is 37.9 Å². The zero-order valence-corrected chi connectivity index (χ0v) is 23.5. The van der Waals surface area contributed by atoms with E-state index < -0.39 is 6.04 Å². The van der Waals surface area contributed by atoms with Crippen LogP contribution >= 0.6 is 0 Å². The fraction of sp³-hybridized carbons (Fsp3) is 0.484. The van der Waals surface area contributed by atoms with Crippen molar-refractivity contribution in [3.05, 3.63) is 69.8 Å². The Kier molecular flexibility index (Phi) is 10.4. The minimum Gasteiger partial charge on any atom is -0.379 e. The lowest BCUT2D eigenvalue weighted by molar-refractivity contribution is -0.125. The molecule has 0 bridgehead atoms. The highest BCUT2D eigenvalue weighted by Gasteiger charge is 2.33. The third kappa shape index (κ3) is 7.55. The van der Waals surface area contributed by atoms with E-state index in [0.717, 1.165) is 62.2 Å². The number of hydrogen-bond acceptors (Lipinski definition) is 6. The molecule has 1 saturated heterocycles. The maximum Gasteiger partial charge on any atom is 0.254 e. The number of likely N-dealkylation sites (N-methyl/N-ethyl adjacent to an activating group) is 1. The monoisotopic (exact) mass is 548 g/mol. The van der Waals surface area contributed by atoms with Crippen molar-refractivity contribution in [3.8, 4) is 0 Å². The Morgan fingerprint density at radius 2 is 1.85 bits per heavy atom. The average molecular weight is 549 g/mol. The van der Waals surface area contributed by atoms with Gasteiger partial charge in [-0.25, -0.2) is 0 Å². The number of rotatable bonds is 12. The molecule has 2 aliphatic rings. The smallest absolute Gasteiger partial charge is 0.254 e.